The van der Waals surface area contributed by atoms with Crippen molar-refractivity contribution in [2.45, 2.75) is 64.9 Å². The lowest BCUT2D eigenvalue weighted by Crippen LogP contribution is -2.22. The lowest BCUT2D eigenvalue weighted by Gasteiger charge is -2.29. The number of aliphatic hydroxyl groups is 2. The van der Waals surface area contributed by atoms with Gasteiger partial charge in [-0.25, -0.2) is 0 Å². The molecule has 0 radical (unpaired) electrons. The number of hydrogen-bond donors (Lipinski definition) is 2. The Labute approximate surface area is 190 Å². The topological polar surface area (TPSA) is 88.6 Å². The zero-order chi connectivity index (χ0) is 23.1. The lowest BCUT2D eigenvalue weighted by molar-refractivity contribution is 0.0532. The van der Waals surface area contributed by atoms with E-state index in [9.17, 15) is 5.11 Å². The van der Waals surface area contributed by atoms with Crippen molar-refractivity contribution >= 4 is 0 Å². The van der Waals surface area contributed by atoms with Crippen LogP contribution in [0.25, 0.3) is 11.4 Å². The summed E-state index contributed by atoms with van der Waals surface area (Å²) in [7, 11) is 0. The van der Waals surface area contributed by atoms with Crippen molar-refractivity contribution in [1.29, 1.82) is 0 Å². The Bertz CT molecular complexity index is 979. The second-order valence-electron chi connectivity index (χ2n) is 8.77. The van der Waals surface area contributed by atoms with Crippen molar-refractivity contribution in [3.05, 3.63) is 65.0 Å². The van der Waals surface area contributed by atoms with Gasteiger partial charge in [0.25, 0.3) is 0 Å². The summed E-state index contributed by atoms with van der Waals surface area (Å²) in [6.45, 7) is 8.12. The highest BCUT2D eigenvalue weighted by Gasteiger charge is 2.26. The van der Waals surface area contributed by atoms with E-state index in [2.05, 4.69) is 54.3 Å². The summed E-state index contributed by atoms with van der Waals surface area (Å²) in [6.07, 6.45) is 2.97. The van der Waals surface area contributed by atoms with Gasteiger partial charge in [0.05, 0.1) is 6.61 Å². The minimum atomic E-state index is -0.900. The average molecular weight is 439 g/mol. The number of benzene rings is 2. The predicted molar refractivity (Wildman–Crippen MR) is 125 cm³/mol. The van der Waals surface area contributed by atoms with Crippen molar-refractivity contribution in [3.8, 4) is 17.1 Å². The number of aromatic nitrogens is 2. The molecule has 0 spiro atoms. The Morgan fingerprint density at radius 3 is 2.41 bits per heavy atom. The van der Waals surface area contributed by atoms with Gasteiger partial charge in [-0.3, -0.25) is 0 Å². The predicted octanol–water partition coefficient (Wildman–Crippen LogP) is 4.78. The number of aliphatic hydroxyl groups excluding tert-OH is 2. The maximum absolute atomic E-state index is 9.54. The van der Waals surface area contributed by atoms with E-state index in [4.69, 9.17) is 14.4 Å². The molecule has 0 aliphatic heterocycles. The lowest BCUT2D eigenvalue weighted by atomic mass is 9.75. The fourth-order valence-corrected chi connectivity index (χ4v) is 4.20. The van der Waals surface area contributed by atoms with Crippen molar-refractivity contribution in [2.75, 3.05) is 13.2 Å². The zero-order valence-corrected chi connectivity index (χ0v) is 19.5. The van der Waals surface area contributed by atoms with E-state index in [1.807, 2.05) is 26.0 Å². The highest BCUT2D eigenvalue weighted by atomic mass is 16.5. The Kier molecular flexibility index (Phi) is 8.04. The first-order valence-corrected chi connectivity index (χ1v) is 11.3. The molecule has 32 heavy (non-hydrogen) atoms. The van der Waals surface area contributed by atoms with Gasteiger partial charge in [0.1, 0.15) is 18.5 Å². The van der Waals surface area contributed by atoms with Gasteiger partial charge in [-0.1, -0.05) is 55.8 Å². The van der Waals surface area contributed by atoms with Crippen LogP contribution in [0.1, 0.15) is 55.7 Å². The number of hydrogen-bond acceptors (Lipinski definition) is 6. The maximum Gasteiger partial charge on any atom is 0.226 e. The molecule has 0 aliphatic carbocycles. The molecule has 1 aromatic heterocycles. The first-order valence-electron chi connectivity index (χ1n) is 11.3. The van der Waals surface area contributed by atoms with Gasteiger partial charge in [0.15, 0.2) is 0 Å². The van der Waals surface area contributed by atoms with Crippen LogP contribution in [0.2, 0.25) is 0 Å². The van der Waals surface area contributed by atoms with E-state index in [0.29, 0.717) is 17.5 Å². The summed E-state index contributed by atoms with van der Waals surface area (Å²) in [4.78, 5) is 4.65. The van der Waals surface area contributed by atoms with E-state index in [1.54, 1.807) is 0 Å². The number of ether oxygens (including phenoxy) is 1. The molecular weight excluding hydrogens is 404 g/mol. The molecule has 6 heteroatoms. The summed E-state index contributed by atoms with van der Waals surface area (Å²) in [5.41, 5.74) is 4.10. The average Bonchev–Trinajstić information content (AvgIpc) is 3.27. The molecular formula is C26H34N2O4. The van der Waals surface area contributed by atoms with Crippen LogP contribution in [-0.2, 0) is 11.8 Å². The van der Waals surface area contributed by atoms with Gasteiger partial charge in [-0.05, 0) is 60.9 Å². The molecule has 0 saturated heterocycles. The second kappa shape index (κ2) is 10.7. The molecule has 0 fully saturated rings. The Morgan fingerprint density at radius 2 is 1.78 bits per heavy atom. The summed E-state index contributed by atoms with van der Waals surface area (Å²) >= 11 is 0. The van der Waals surface area contributed by atoms with E-state index >= 15 is 0 Å². The molecule has 172 valence electrons. The number of nitrogens with zero attached hydrogens (tertiary/aromatic N) is 2. The minimum Gasteiger partial charge on any atom is -0.490 e. The molecule has 6 nitrogen and oxygen atoms in total. The number of aryl methyl sites for hydroxylation is 3. The van der Waals surface area contributed by atoms with Crippen LogP contribution < -0.4 is 4.74 Å². The van der Waals surface area contributed by atoms with Crippen molar-refractivity contribution in [2.24, 2.45) is 0 Å². The minimum absolute atomic E-state index is 0.0435. The van der Waals surface area contributed by atoms with Gasteiger partial charge >= 0.3 is 0 Å². The number of rotatable bonds is 11. The SMILES string of the molecule is CCCC(C)(CCc1nc(-c2cc(C)c(OC[C@@H](O)CO)c(C)c2)no1)c1ccccc1. The first kappa shape index (κ1) is 24.0. The third kappa shape index (κ3) is 5.75. The monoisotopic (exact) mass is 438 g/mol. The van der Waals surface area contributed by atoms with Crippen molar-refractivity contribution in [1.82, 2.24) is 10.1 Å². The molecule has 3 aromatic rings. The highest BCUT2D eigenvalue weighted by molar-refractivity contribution is 5.61. The van der Waals surface area contributed by atoms with Gasteiger partial charge in [0.2, 0.25) is 11.7 Å². The third-order valence-electron chi connectivity index (χ3n) is 5.98. The Balaban J connectivity index is 1.72. The van der Waals surface area contributed by atoms with E-state index in [0.717, 1.165) is 42.4 Å². The molecule has 0 amide bonds. The molecule has 0 saturated carbocycles. The largest absolute Gasteiger partial charge is 0.490 e. The zero-order valence-electron chi connectivity index (χ0n) is 19.5. The van der Waals surface area contributed by atoms with Gasteiger partial charge in [-0.2, -0.15) is 4.98 Å². The summed E-state index contributed by atoms with van der Waals surface area (Å²) in [5, 5.41) is 22.7. The van der Waals surface area contributed by atoms with Crippen LogP contribution in [0.5, 0.6) is 5.75 Å². The first-order chi connectivity index (χ1) is 15.4. The Hall–Kier alpha value is -2.70. The van der Waals surface area contributed by atoms with Crippen molar-refractivity contribution < 1.29 is 19.5 Å². The van der Waals surface area contributed by atoms with Crippen LogP contribution in [0, 0.1) is 13.8 Å². The molecule has 2 aromatic carbocycles. The van der Waals surface area contributed by atoms with Crippen LogP contribution in [0.4, 0.5) is 0 Å². The van der Waals surface area contributed by atoms with Crippen LogP contribution in [0.15, 0.2) is 47.0 Å². The smallest absolute Gasteiger partial charge is 0.226 e. The molecule has 2 atom stereocenters. The van der Waals surface area contributed by atoms with Crippen molar-refractivity contribution in [3.63, 3.8) is 0 Å². The molecule has 0 bridgehead atoms. The standard InChI is InChI=1S/C26H34N2O4/c1-5-12-26(4,21-9-7-6-8-10-21)13-11-23-27-25(28-32-23)20-14-18(2)24(19(3)15-20)31-17-22(30)16-29/h6-10,14-15,22,29-30H,5,11-13,16-17H2,1-4H3/t22-,26?/m0/s1. The van der Waals surface area contributed by atoms with E-state index in [1.165, 1.54) is 5.56 Å². The normalized spacial score (nSPS) is 14.2. The maximum atomic E-state index is 9.54. The Morgan fingerprint density at radius 1 is 1.09 bits per heavy atom. The molecule has 3 rings (SSSR count). The highest BCUT2D eigenvalue weighted by Crippen LogP contribution is 2.34. The van der Waals surface area contributed by atoms with Crippen LogP contribution in [0.3, 0.4) is 0 Å². The quantitative estimate of drug-likeness (QED) is 0.448. The fourth-order valence-electron chi connectivity index (χ4n) is 4.20. The van der Waals surface area contributed by atoms with E-state index < -0.39 is 6.10 Å². The second-order valence-corrected chi connectivity index (χ2v) is 8.77. The summed E-state index contributed by atoms with van der Waals surface area (Å²) < 4.78 is 11.3. The van der Waals surface area contributed by atoms with E-state index in [-0.39, 0.29) is 18.6 Å². The fraction of sp³-hybridized carbons (Fsp3) is 0.462. The molecule has 0 aliphatic rings. The molecule has 1 unspecified atom stereocenters. The van der Waals surface area contributed by atoms with Gasteiger partial charge in [0, 0.05) is 12.0 Å². The van der Waals surface area contributed by atoms with Gasteiger partial charge in [-0.15, -0.1) is 0 Å². The summed E-state index contributed by atoms with van der Waals surface area (Å²) in [6, 6.07) is 14.5. The molecule has 2 N–H and O–H groups in total. The third-order valence-corrected chi connectivity index (χ3v) is 5.98. The summed E-state index contributed by atoms with van der Waals surface area (Å²) in [5.74, 6) is 1.90. The van der Waals surface area contributed by atoms with Crippen LogP contribution in [-0.4, -0.2) is 39.7 Å². The van der Waals surface area contributed by atoms with Crippen LogP contribution >= 0.6 is 0 Å². The molecule has 1 heterocycles. The van der Waals surface area contributed by atoms with Gasteiger partial charge < -0.3 is 19.5 Å².